The lowest BCUT2D eigenvalue weighted by atomic mass is 10.0. The molecule has 2 unspecified atom stereocenters. The van der Waals surface area contributed by atoms with Crippen LogP contribution in [0.1, 0.15) is 47.3 Å². The zero-order valence-electron chi connectivity index (χ0n) is 18.3. The topological polar surface area (TPSA) is 76.2 Å². The minimum atomic E-state index is -3.36. The van der Waals surface area contributed by atoms with Gasteiger partial charge in [-0.15, -0.1) is 0 Å². The largest absolute Gasteiger partial charge is 0.493 e. The van der Waals surface area contributed by atoms with E-state index in [1.165, 1.54) is 10.6 Å². The second-order valence-corrected chi connectivity index (χ2v) is 10.1. The third-order valence-electron chi connectivity index (χ3n) is 6.14. The van der Waals surface area contributed by atoms with Crippen LogP contribution in [0.25, 0.3) is 0 Å². The van der Waals surface area contributed by atoms with E-state index in [0.717, 1.165) is 24.0 Å². The van der Waals surface area contributed by atoms with Crippen LogP contribution in [-0.2, 0) is 16.4 Å². The van der Waals surface area contributed by atoms with Gasteiger partial charge in [-0.2, -0.15) is 0 Å². The van der Waals surface area contributed by atoms with Crippen molar-refractivity contribution in [3.05, 3.63) is 53.1 Å². The lowest BCUT2D eigenvalue weighted by molar-refractivity contribution is 0.0735. The van der Waals surface area contributed by atoms with E-state index in [0.29, 0.717) is 35.7 Å². The van der Waals surface area contributed by atoms with Gasteiger partial charge in [0.1, 0.15) is 0 Å². The van der Waals surface area contributed by atoms with Gasteiger partial charge in [-0.05, 0) is 67.6 Å². The molecule has 0 saturated carbocycles. The van der Waals surface area contributed by atoms with Crippen molar-refractivity contribution in [2.24, 2.45) is 0 Å². The molecular formula is C23H28N2O5S. The number of hydrogen-bond donors (Lipinski definition) is 0. The van der Waals surface area contributed by atoms with Crippen molar-refractivity contribution >= 4 is 21.6 Å². The number of methoxy groups -OCH3 is 2. The Hall–Kier alpha value is -2.74. The predicted octanol–water partition coefficient (Wildman–Crippen LogP) is 3.39. The Morgan fingerprint density at radius 1 is 1.06 bits per heavy atom. The number of carbonyl (C=O) groups is 1. The maximum atomic E-state index is 13.4. The molecule has 1 saturated heterocycles. The second-order valence-electron chi connectivity index (χ2n) is 8.23. The predicted molar refractivity (Wildman–Crippen MR) is 119 cm³/mol. The molecule has 2 aromatic rings. The Morgan fingerprint density at radius 2 is 1.81 bits per heavy atom. The quantitative estimate of drug-likeness (QED) is 0.707. The molecule has 1 fully saturated rings. The first-order valence-corrected chi connectivity index (χ1v) is 12.2. The van der Waals surface area contributed by atoms with Gasteiger partial charge in [0.15, 0.2) is 11.5 Å². The van der Waals surface area contributed by atoms with E-state index < -0.39 is 10.0 Å². The zero-order chi connectivity index (χ0) is 22.3. The van der Waals surface area contributed by atoms with Gasteiger partial charge < -0.3 is 14.4 Å². The fourth-order valence-electron chi connectivity index (χ4n) is 4.82. The summed E-state index contributed by atoms with van der Waals surface area (Å²) < 4.78 is 36.5. The highest BCUT2D eigenvalue weighted by Gasteiger charge is 2.35. The normalized spacial score (nSPS) is 20.6. The summed E-state index contributed by atoms with van der Waals surface area (Å²) in [5, 5.41) is 0. The number of ether oxygens (including phenoxy) is 2. The summed E-state index contributed by atoms with van der Waals surface area (Å²) in [7, 11) is -0.154. The molecule has 0 bridgehead atoms. The van der Waals surface area contributed by atoms with Crippen molar-refractivity contribution in [2.75, 3.05) is 31.3 Å². The van der Waals surface area contributed by atoms with Gasteiger partial charge >= 0.3 is 0 Å². The minimum Gasteiger partial charge on any atom is -0.493 e. The van der Waals surface area contributed by atoms with Crippen molar-refractivity contribution in [1.82, 2.24) is 4.90 Å². The Labute approximate surface area is 183 Å². The number of nitrogens with zero attached hydrogens (tertiary/aromatic N) is 2. The van der Waals surface area contributed by atoms with Gasteiger partial charge in [0.25, 0.3) is 5.91 Å². The number of amides is 1. The van der Waals surface area contributed by atoms with Crippen LogP contribution in [0.4, 0.5) is 5.69 Å². The molecule has 2 aliphatic heterocycles. The minimum absolute atomic E-state index is 0.0352. The molecule has 166 valence electrons. The molecule has 2 aliphatic rings. The summed E-state index contributed by atoms with van der Waals surface area (Å²) >= 11 is 0. The fourth-order valence-corrected chi connectivity index (χ4v) is 6.09. The van der Waals surface area contributed by atoms with E-state index >= 15 is 0 Å². The maximum Gasteiger partial charge on any atom is 0.254 e. The number of hydrogen-bond acceptors (Lipinski definition) is 5. The molecule has 0 spiro atoms. The summed E-state index contributed by atoms with van der Waals surface area (Å²) in [5.41, 5.74) is 3.17. The summed E-state index contributed by atoms with van der Waals surface area (Å²) in [6.07, 6.45) is 3.62. The lowest BCUT2D eigenvalue weighted by Crippen LogP contribution is -2.34. The van der Waals surface area contributed by atoms with Crippen molar-refractivity contribution < 1.29 is 22.7 Å². The summed E-state index contributed by atoms with van der Waals surface area (Å²) in [5.74, 6) is 1.27. The summed E-state index contributed by atoms with van der Waals surface area (Å²) in [4.78, 5) is 15.3. The Morgan fingerprint density at radius 3 is 2.48 bits per heavy atom. The summed E-state index contributed by atoms with van der Waals surface area (Å²) in [6, 6.07) is 10.9. The highest BCUT2D eigenvalue weighted by molar-refractivity contribution is 7.92. The molecular weight excluding hydrogens is 416 g/mol. The van der Waals surface area contributed by atoms with Gasteiger partial charge in [-0.1, -0.05) is 6.07 Å². The highest BCUT2D eigenvalue weighted by Crippen LogP contribution is 2.39. The first-order valence-electron chi connectivity index (χ1n) is 10.4. The average Bonchev–Trinajstić information content (AvgIpc) is 3.35. The standard InChI is InChI=1S/C23H28N2O5S/c1-15-12-18-13-17(7-9-20(18)25(15)31(4,27)28)23(26)24-11-5-6-19(24)16-8-10-21(29-2)22(14-16)30-3/h7-10,13-15,19H,5-6,11-12H2,1-4H3. The fraction of sp³-hybridized carbons (Fsp3) is 0.435. The Balaban J connectivity index is 1.62. The first-order chi connectivity index (χ1) is 14.7. The average molecular weight is 445 g/mol. The van der Waals surface area contributed by atoms with E-state index in [4.69, 9.17) is 9.47 Å². The number of anilines is 1. The molecule has 7 nitrogen and oxygen atoms in total. The number of fused-ring (bicyclic) bond motifs is 1. The van der Waals surface area contributed by atoms with Gasteiger partial charge in [0, 0.05) is 18.2 Å². The SMILES string of the molecule is COc1ccc(C2CCCN2C(=O)c2ccc3c(c2)CC(C)N3S(C)(=O)=O)cc1OC. The zero-order valence-corrected chi connectivity index (χ0v) is 19.1. The van der Waals surface area contributed by atoms with E-state index in [2.05, 4.69) is 0 Å². The van der Waals surface area contributed by atoms with Crippen LogP contribution >= 0.6 is 0 Å². The smallest absolute Gasteiger partial charge is 0.254 e. The monoisotopic (exact) mass is 444 g/mol. The van der Waals surface area contributed by atoms with Crippen LogP contribution in [0.3, 0.4) is 0 Å². The second kappa shape index (κ2) is 8.07. The van der Waals surface area contributed by atoms with Crippen molar-refractivity contribution in [2.45, 2.75) is 38.3 Å². The molecule has 2 heterocycles. The molecule has 2 aromatic carbocycles. The van der Waals surface area contributed by atoms with E-state index in [9.17, 15) is 13.2 Å². The molecule has 2 atom stereocenters. The lowest BCUT2D eigenvalue weighted by Gasteiger charge is -2.26. The number of benzene rings is 2. The molecule has 0 aliphatic carbocycles. The summed E-state index contributed by atoms with van der Waals surface area (Å²) in [6.45, 7) is 2.57. The molecule has 8 heteroatoms. The van der Waals surface area contributed by atoms with Crippen LogP contribution in [0.15, 0.2) is 36.4 Å². The molecule has 0 radical (unpaired) electrons. The number of rotatable bonds is 5. The van der Waals surface area contributed by atoms with Crippen molar-refractivity contribution in [3.63, 3.8) is 0 Å². The third kappa shape index (κ3) is 3.84. The molecule has 31 heavy (non-hydrogen) atoms. The Kier molecular flexibility index (Phi) is 5.60. The highest BCUT2D eigenvalue weighted by atomic mass is 32.2. The van der Waals surface area contributed by atoms with Crippen LogP contribution in [-0.4, -0.2) is 52.3 Å². The van der Waals surface area contributed by atoms with Gasteiger partial charge in [-0.3, -0.25) is 9.10 Å². The van der Waals surface area contributed by atoms with E-state index in [-0.39, 0.29) is 18.0 Å². The first kappa shape index (κ1) is 21.5. The van der Waals surface area contributed by atoms with Crippen LogP contribution in [0.5, 0.6) is 11.5 Å². The van der Waals surface area contributed by atoms with Crippen molar-refractivity contribution in [1.29, 1.82) is 0 Å². The van der Waals surface area contributed by atoms with Crippen molar-refractivity contribution in [3.8, 4) is 11.5 Å². The van der Waals surface area contributed by atoms with Crippen LogP contribution in [0, 0.1) is 0 Å². The van der Waals surface area contributed by atoms with E-state index in [1.807, 2.05) is 36.1 Å². The molecule has 4 rings (SSSR count). The Bertz CT molecular complexity index is 1110. The van der Waals surface area contributed by atoms with Gasteiger partial charge in [-0.25, -0.2) is 8.42 Å². The van der Waals surface area contributed by atoms with Crippen LogP contribution in [0.2, 0.25) is 0 Å². The maximum absolute atomic E-state index is 13.4. The van der Waals surface area contributed by atoms with Crippen LogP contribution < -0.4 is 13.8 Å². The number of carbonyl (C=O) groups excluding carboxylic acids is 1. The van der Waals surface area contributed by atoms with E-state index in [1.54, 1.807) is 26.4 Å². The molecule has 1 amide bonds. The third-order valence-corrected chi connectivity index (χ3v) is 7.41. The molecule has 0 aromatic heterocycles. The number of sulfonamides is 1. The molecule has 0 N–H and O–H groups in total. The van der Waals surface area contributed by atoms with Gasteiger partial charge in [0.2, 0.25) is 10.0 Å². The number of likely N-dealkylation sites (tertiary alicyclic amines) is 1. The van der Waals surface area contributed by atoms with Gasteiger partial charge in [0.05, 0.1) is 32.2 Å².